The smallest absolute Gasteiger partial charge is 0.318 e. The minimum Gasteiger partial charge on any atom is -0.381 e. The van der Waals surface area contributed by atoms with Crippen molar-refractivity contribution in [3.8, 4) is 0 Å². The lowest BCUT2D eigenvalue weighted by Gasteiger charge is -2.36. The van der Waals surface area contributed by atoms with Crippen LogP contribution in [0.25, 0.3) is 0 Å². The van der Waals surface area contributed by atoms with Crippen molar-refractivity contribution in [1.82, 2.24) is 81.3 Å². The van der Waals surface area contributed by atoms with Gasteiger partial charge in [0.1, 0.15) is 30.2 Å². The van der Waals surface area contributed by atoms with Crippen LogP contribution >= 0.6 is 11.8 Å². The van der Waals surface area contributed by atoms with Crippen molar-refractivity contribution in [3.05, 3.63) is 179 Å². The van der Waals surface area contributed by atoms with E-state index in [4.69, 9.17) is 14.2 Å². The summed E-state index contributed by atoms with van der Waals surface area (Å²) < 4.78 is 38.7. The molecule has 7 N–H and O–H groups in total. The van der Waals surface area contributed by atoms with Gasteiger partial charge in [-0.3, -0.25) is 33.6 Å². The van der Waals surface area contributed by atoms with Gasteiger partial charge in [-0.25, -0.2) is 42.0 Å². The first-order chi connectivity index (χ1) is 70.5. The van der Waals surface area contributed by atoms with E-state index in [9.17, 15) is 75.5 Å². The molecule has 8 heterocycles. The third-order valence-corrected chi connectivity index (χ3v) is 29.3. The number of nitrogens with zero attached hydrogens (tertiary/aromatic N) is 9. The van der Waals surface area contributed by atoms with E-state index in [2.05, 4.69) is 54.1 Å². The number of ether oxygens (including phenoxy) is 3. The lowest BCUT2D eigenvalue weighted by Crippen LogP contribution is -2.56. The average molecular weight is 2090 g/mol. The normalized spacial score (nSPS) is 18.1. The Hall–Kier alpha value is -11.2. The monoisotopic (exact) mass is 2090 g/mol. The second-order valence-electron chi connectivity index (χ2n) is 41.0. The molecule has 0 saturated carbocycles. The summed E-state index contributed by atoms with van der Waals surface area (Å²) >= 11 is 1.85. The van der Waals surface area contributed by atoms with Crippen molar-refractivity contribution in [2.75, 3.05) is 195 Å². The second kappa shape index (κ2) is 64.4. The Labute approximate surface area is 882 Å². The van der Waals surface area contributed by atoms with Crippen LogP contribution in [0.15, 0.2) is 152 Å². The summed E-state index contributed by atoms with van der Waals surface area (Å²) in [5.41, 5.74) is 4.07. The van der Waals surface area contributed by atoms with Gasteiger partial charge < -0.3 is 95.5 Å². The van der Waals surface area contributed by atoms with Crippen molar-refractivity contribution >= 4 is 104 Å². The summed E-state index contributed by atoms with van der Waals surface area (Å²) in [5, 5.41) is 20.2. The van der Waals surface area contributed by atoms with Crippen LogP contribution in [-0.4, -0.2) is 342 Å². The SMILES string of the molecule is CC(C)C(=O)[C@@H](NC(=O)N1CCN(C)CC1)C1CCOCC1.CC(C)C(=O)[C@@H](NC(=O)N1CCOCC1)C(C)C.CC(C)C(=O)[C@H](NC(=O)N1CCCCC1)c1ccccc1.CC(C)C(=O)[C@H](NC(=O)N1CCN(C)CC1)c1ccccc1.CC(C)C(=O)[C@H](NC(=O)N1CCOCC1)c1ccccc1.CC(C)C(=O)[C@H](NC(=O)N1CCS(=O)(=O)CC1)c1ccccc1.CC(C)C(=O)[C@H](NC(=O)N1CCSCC1)c1ccccc1. The zero-order chi connectivity index (χ0) is 109. The van der Waals surface area contributed by atoms with Gasteiger partial charge in [0.05, 0.1) is 50.0 Å². The van der Waals surface area contributed by atoms with Crippen molar-refractivity contribution < 1.29 is 89.8 Å². The molecule has 818 valence electrons. The largest absolute Gasteiger partial charge is 0.381 e. The molecule has 0 radical (unpaired) electrons. The number of amides is 14. The summed E-state index contributed by atoms with van der Waals surface area (Å²) in [5.74, 6) is 1.59. The Kier molecular flexibility index (Phi) is 53.8. The van der Waals surface area contributed by atoms with E-state index in [-0.39, 0.29) is 161 Å². The van der Waals surface area contributed by atoms with Crippen molar-refractivity contribution in [2.24, 2.45) is 53.3 Å². The van der Waals surface area contributed by atoms with Gasteiger partial charge in [0, 0.05) is 184 Å². The van der Waals surface area contributed by atoms with Gasteiger partial charge in [-0.15, -0.1) is 0 Å². The van der Waals surface area contributed by atoms with Crippen LogP contribution in [0.2, 0.25) is 0 Å². The molecule has 37 heteroatoms. The van der Waals surface area contributed by atoms with Gasteiger partial charge in [0.25, 0.3) is 0 Å². The van der Waals surface area contributed by atoms with E-state index in [0.29, 0.717) is 78.9 Å². The number of carbonyl (C=O) groups is 14. The predicted octanol–water partition coefficient (Wildman–Crippen LogP) is 13.4. The number of benzene rings is 5. The van der Waals surface area contributed by atoms with Gasteiger partial charge in [0.15, 0.2) is 50.3 Å². The highest BCUT2D eigenvalue weighted by atomic mass is 32.2. The maximum absolute atomic E-state index is 12.5. The molecule has 35 nitrogen and oxygen atoms in total. The minimum atomic E-state index is -3.05. The summed E-state index contributed by atoms with van der Waals surface area (Å²) in [7, 11) is 1.06. The molecule has 148 heavy (non-hydrogen) atoms. The van der Waals surface area contributed by atoms with E-state index in [1.807, 2.05) is 265 Å². The van der Waals surface area contributed by atoms with Gasteiger partial charge >= 0.3 is 42.2 Å². The van der Waals surface area contributed by atoms with E-state index in [1.165, 1.54) is 11.3 Å². The molecule has 0 aliphatic carbocycles. The molecule has 8 aliphatic heterocycles. The zero-order valence-corrected chi connectivity index (χ0v) is 92.2. The number of hydrogen-bond acceptors (Lipinski definition) is 22. The van der Waals surface area contributed by atoms with Crippen LogP contribution in [0.4, 0.5) is 33.6 Å². The number of morpholine rings is 2. The fourth-order valence-corrected chi connectivity index (χ4v) is 19.2. The van der Waals surface area contributed by atoms with E-state index >= 15 is 0 Å². The van der Waals surface area contributed by atoms with Crippen LogP contribution in [-0.2, 0) is 57.6 Å². The molecule has 5 aromatic carbocycles. The Balaban J connectivity index is 0.000000234. The van der Waals surface area contributed by atoms with Crippen LogP contribution in [0, 0.1) is 53.3 Å². The number of likely N-dealkylation sites (tertiary alicyclic amines) is 1. The minimum absolute atomic E-state index is 0.0165. The van der Waals surface area contributed by atoms with Crippen LogP contribution < -0.4 is 37.2 Å². The van der Waals surface area contributed by atoms with Gasteiger partial charge in [-0.05, 0) is 85.9 Å². The Morgan fingerprint density at radius 2 is 0.507 bits per heavy atom. The molecule has 14 amide bonds. The number of carbonyl (C=O) groups excluding carboxylic acids is 14. The number of sulfone groups is 1. The summed E-state index contributed by atoms with van der Waals surface area (Å²) in [6, 6.07) is 41.7. The lowest BCUT2D eigenvalue weighted by molar-refractivity contribution is -0.126. The Morgan fingerprint density at radius 1 is 0.270 bits per heavy atom. The maximum Gasteiger partial charge on any atom is 0.318 e. The number of rotatable bonds is 28. The Bertz CT molecular complexity index is 4810. The molecule has 13 rings (SSSR count). The molecule has 0 unspecified atom stereocenters. The molecule has 8 saturated heterocycles. The number of ketones is 7. The summed E-state index contributed by atoms with van der Waals surface area (Å²) in [6.45, 7) is 45.4. The number of thioether (sulfide) groups is 1. The first-order valence-electron chi connectivity index (χ1n) is 52.8. The highest BCUT2D eigenvalue weighted by molar-refractivity contribution is 7.99. The molecule has 8 aliphatic rings. The number of hydrogen-bond donors (Lipinski definition) is 7. The number of nitrogens with one attached hydrogen (secondary N) is 7. The number of Topliss-reactive ketones (excluding diaryl/α,β-unsaturated/α-hetero) is 7. The average Bonchev–Trinajstić information content (AvgIpc) is 0.851. The first-order valence-corrected chi connectivity index (χ1v) is 55.7. The number of urea groups is 7. The van der Waals surface area contributed by atoms with Gasteiger partial charge in [0.2, 0.25) is 0 Å². The van der Waals surface area contributed by atoms with E-state index < -0.39 is 52.1 Å². The number of piperidine rings is 1. The molecule has 5 aromatic rings. The quantitative estimate of drug-likeness (QED) is 0.0244. The molecular weight excluding hydrogens is 1930 g/mol. The molecule has 0 bridgehead atoms. The van der Waals surface area contributed by atoms with Gasteiger partial charge in [-0.1, -0.05) is 262 Å². The maximum atomic E-state index is 12.5. The second-order valence-corrected chi connectivity index (χ2v) is 44.5. The molecule has 7 atom stereocenters. The molecular formula is C111H168N16O19S2. The molecule has 8 fully saturated rings. The molecule has 0 aromatic heterocycles. The van der Waals surface area contributed by atoms with Crippen LogP contribution in [0.1, 0.15) is 201 Å². The zero-order valence-electron chi connectivity index (χ0n) is 90.6. The van der Waals surface area contributed by atoms with Crippen molar-refractivity contribution in [2.45, 2.75) is 185 Å². The summed E-state index contributed by atoms with van der Waals surface area (Å²) in [4.78, 5) is 190. The highest BCUT2D eigenvalue weighted by Gasteiger charge is 2.39. The lowest BCUT2D eigenvalue weighted by atomic mass is 9.85. The van der Waals surface area contributed by atoms with Crippen molar-refractivity contribution in [1.29, 1.82) is 0 Å². The first kappa shape index (κ1) is 124. The fraction of sp³-hybridized carbons (Fsp3) is 0.604. The van der Waals surface area contributed by atoms with E-state index in [0.717, 1.165) is 130 Å². The third kappa shape index (κ3) is 41.6. The molecule has 0 spiro atoms. The van der Waals surface area contributed by atoms with Gasteiger partial charge in [-0.2, -0.15) is 11.8 Å². The fourth-order valence-electron chi connectivity index (χ4n) is 17.1. The van der Waals surface area contributed by atoms with Crippen LogP contribution in [0.5, 0.6) is 0 Å². The van der Waals surface area contributed by atoms with Crippen molar-refractivity contribution in [3.63, 3.8) is 0 Å². The summed E-state index contributed by atoms with van der Waals surface area (Å²) in [6.07, 6.45) is 4.94. The highest BCUT2D eigenvalue weighted by Crippen LogP contribution is 2.28. The van der Waals surface area contributed by atoms with Crippen LogP contribution in [0.3, 0.4) is 0 Å². The number of piperazine rings is 2. The Morgan fingerprint density at radius 3 is 0.777 bits per heavy atom. The van der Waals surface area contributed by atoms with E-state index in [1.54, 1.807) is 45.6 Å². The third-order valence-electron chi connectivity index (χ3n) is 26.7. The topological polar surface area (TPSA) is 414 Å². The predicted molar refractivity (Wildman–Crippen MR) is 578 cm³/mol. The standard InChI is InChI=1S/C17H25N3O2.C17H24N2O2.C16H29N3O3.C16H22N2O4S.C16H22N2O3.C16H22N2O2S.C13H24N2O3/c1-13(2)16(21)15(14-7-5-4-6-8-14)18-17(22)20-11-9-19(3)10-12-20;1-13(2)16(20)15(14-9-5-3-6-10-14)18-17(21)19-11-7-4-8-12-19;1-12(2)15(20)14(13-4-10-22-11-5-13)17-16(21)19-8-6-18(3)7-9-19;1-12(2)15(19)14(13-6-4-3-5-7-13)17-16(20)18-8-10-23(21,22)11-9-18;2*1-12(2)15(19)14(13-6-4-3-5-7-13)17-16(20)18-8-10-21-11-9-18;1-9(2)11(12(16)10(3)4)14-13(17)15-5-7-18-8-6-15/h4-8,13,15H,9-12H2,1-3H3,(H,18,22);3,5-6,9-10,13,15H,4,7-8,11-12H2,1-2H3,(H,18,21);12-14H,4-11H2,1-3H3,(H,17,21);3-7,12,14H,8-11H2,1-2H3,(H,17,20);2*3-7,12,14H,8-11H2,1-2H3,(H,17,20);9-11H,5-8H2,1-4H3,(H,14,17)/t2*15-;4*14-;11-/m1101110/s1. The number of likely N-dealkylation sites (N-methyl/N-ethyl adjacent to an activating group) is 2.